The van der Waals surface area contributed by atoms with Crippen molar-refractivity contribution in [3.63, 3.8) is 0 Å². The first kappa shape index (κ1) is 17.9. The SMILES string of the molecule is COc1ccc(CC(=O)N(Cc2ccncc2)C[C@@H]2CCC(=O)N2)cc1. The molecule has 1 saturated heterocycles. The molecule has 1 aromatic carbocycles. The van der Waals surface area contributed by atoms with Gasteiger partial charge in [0.25, 0.3) is 0 Å². The van der Waals surface area contributed by atoms with Crippen molar-refractivity contribution in [2.45, 2.75) is 31.8 Å². The lowest BCUT2D eigenvalue weighted by Gasteiger charge is -2.26. The van der Waals surface area contributed by atoms with Crippen LogP contribution in [0.4, 0.5) is 0 Å². The van der Waals surface area contributed by atoms with Crippen molar-refractivity contribution in [3.05, 3.63) is 59.9 Å². The van der Waals surface area contributed by atoms with Gasteiger partial charge in [-0.25, -0.2) is 0 Å². The average Bonchev–Trinajstić information content (AvgIpc) is 3.07. The maximum atomic E-state index is 12.9. The molecule has 0 spiro atoms. The van der Waals surface area contributed by atoms with Crippen LogP contribution in [-0.2, 0) is 22.6 Å². The van der Waals surface area contributed by atoms with Gasteiger partial charge in [0.1, 0.15) is 5.75 Å². The highest BCUT2D eigenvalue weighted by Crippen LogP contribution is 2.15. The molecule has 0 saturated carbocycles. The highest BCUT2D eigenvalue weighted by atomic mass is 16.5. The van der Waals surface area contributed by atoms with Crippen LogP contribution in [0.1, 0.15) is 24.0 Å². The molecule has 136 valence electrons. The van der Waals surface area contributed by atoms with E-state index >= 15 is 0 Å². The first-order chi connectivity index (χ1) is 12.6. The summed E-state index contributed by atoms with van der Waals surface area (Å²) in [4.78, 5) is 30.2. The second-order valence-electron chi connectivity index (χ2n) is 6.46. The number of benzene rings is 1. The largest absolute Gasteiger partial charge is 0.497 e. The van der Waals surface area contributed by atoms with Gasteiger partial charge in [-0.3, -0.25) is 14.6 Å². The Hall–Kier alpha value is -2.89. The topological polar surface area (TPSA) is 71.5 Å². The molecule has 1 atom stereocenters. The number of methoxy groups -OCH3 is 1. The first-order valence-electron chi connectivity index (χ1n) is 8.73. The van der Waals surface area contributed by atoms with E-state index in [9.17, 15) is 9.59 Å². The molecule has 1 aliphatic rings. The zero-order valence-corrected chi connectivity index (χ0v) is 14.9. The molecule has 1 aliphatic heterocycles. The van der Waals surface area contributed by atoms with E-state index in [1.54, 1.807) is 19.5 Å². The monoisotopic (exact) mass is 353 g/mol. The van der Waals surface area contributed by atoms with Crippen LogP contribution in [0.3, 0.4) is 0 Å². The number of carbonyl (C=O) groups is 2. The van der Waals surface area contributed by atoms with E-state index in [2.05, 4.69) is 10.3 Å². The molecule has 0 bridgehead atoms. The van der Waals surface area contributed by atoms with Gasteiger partial charge in [-0.15, -0.1) is 0 Å². The predicted octanol–water partition coefficient (Wildman–Crippen LogP) is 1.94. The molecule has 2 heterocycles. The maximum Gasteiger partial charge on any atom is 0.227 e. The van der Waals surface area contributed by atoms with Crippen LogP contribution in [-0.4, -0.2) is 41.4 Å². The Morgan fingerprint density at radius 2 is 1.92 bits per heavy atom. The summed E-state index contributed by atoms with van der Waals surface area (Å²) in [6.45, 7) is 1.02. The Morgan fingerprint density at radius 1 is 1.19 bits per heavy atom. The minimum atomic E-state index is 0.0177. The van der Waals surface area contributed by atoms with Crippen LogP contribution < -0.4 is 10.1 Å². The number of nitrogens with zero attached hydrogens (tertiary/aromatic N) is 2. The van der Waals surface area contributed by atoms with Crippen molar-refractivity contribution < 1.29 is 14.3 Å². The minimum Gasteiger partial charge on any atom is -0.497 e. The fourth-order valence-electron chi connectivity index (χ4n) is 3.07. The van der Waals surface area contributed by atoms with Crippen LogP contribution in [0.2, 0.25) is 0 Å². The molecule has 2 aromatic rings. The number of amides is 2. The van der Waals surface area contributed by atoms with Gasteiger partial charge in [-0.05, 0) is 41.8 Å². The van der Waals surface area contributed by atoms with Crippen molar-refractivity contribution in [2.75, 3.05) is 13.7 Å². The maximum absolute atomic E-state index is 12.9. The molecule has 0 radical (unpaired) electrons. The summed E-state index contributed by atoms with van der Waals surface area (Å²) in [7, 11) is 1.62. The molecule has 0 unspecified atom stereocenters. The second-order valence-corrected chi connectivity index (χ2v) is 6.46. The third kappa shape index (κ3) is 4.81. The molecule has 6 nitrogen and oxygen atoms in total. The van der Waals surface area contributed by atoms with Gasteiger partial charge in [0.15, 0.2) is 0 Å². The molecule has 26 heavy (non-hydrogen) atoms. The standard InChI is InChI=1S/C20H23N3O3/c1-26-18-5-2-15(3-6-18)12-20(25)23(13-16-8-10-21-11-9-16)14-17-4-7-19(24)22-17/h2-3,5-6,8-11,17H,4,7,12-14H2,1H3,(H,22,24)/t17-/m0/s1. The van der Waals surface area contributed by atoms with Crippen molar-refractivity contribution in [1.82, 2.24) is 15.2 Å². The Balaban J connectivity index is 1.69. The molecule has 1 fully saturated rings. The lowest BCUT2D eigenvalue weighted by molar-refractivity contribution is -0.131. The van der Waals surface area contributed by atoms with Crippen molar-refractivity contribution in [2.24, 2.45) is 0 Å². The van der Waals surface area contributed by atoms with Crippen LogP contribution >= 0.6 is 0 Å². The predicted molar refractivity (Wildman–Crippen MR) is 97.5 cm³/mol. The molecular weight excluding hydrogens is 330 g/mol. The van der Waals surface area contributed by atoms with E-state index in [0.717, 1.165) is 23.3 Å². The fourth-order valence-corrected chi connectivity index (χ4v) is 3.07. The van der Waals surface area contributed by atoms with E-state index in [1.165, 1.54) is 0 Å². The van der Waals surface area contributed by atoms with Crippen LogP contribution in [0, 0.1) is 0 Å². The second kappa shape index (κ2) is 8.47. The van der Waals surface area contributed by atoms with Crippen molar-refractivity contribution >= 4 is 11.8 Å². The van der Waals surface area contributed by atoms with Crippen LogP contribution in [0.15, 0.2) is 48.8 Å². The van der Waals surface area contributed by atoms with Gasteiger partial charge < -0.3 is 15.0 Å². The summed E-state index contributed by atoms with van der Waals surface area (Å²) in [5, 5.41) is 2.94. The lowest BCUT2D eigenvalue weighted by Crippen LogP contribution is -2.42. The molecule has 3 rings (SSSR count). The number of aromatic nitrogens is 1. The lowest BCUT2D eigenvalue weighted by atomic mass is 10.1. The highest BCUT2D eigenvalue weighted by Gasteiger charge is 2.25. The van der Waals surface area contributed by atoms with Crippen molar-refractivity contribution in [1.29, 1.82) is 0 Å². The van der Waals surface area contributed by atoms with E-state index < -0.39 is 0 Å². The van der Waals surface area contributed by atoms with Gasteiger partial charge in [-0.1, -0.05) is 12.1 Å². The first-order valence-corrected chi connectivity index (χ1v) is 8.73. The van der Waals surface area contributed by atoms with Gasteiger partial charge in [0, 0.05) is 37.9 Å². The highest BCUT2D eigenvalue weighted by molar-refractivity contribution is 5.80. The number of nitrogens with one attached hydrogen (secondary N) is 1. The number of ether oxygens (including phenoxy) is 1. The third-order valence-electron chi connectivity index (χ3n) is 4.52. The Labute approximate surface area is 153 Å². The normalized spacial score (nSPS) is 16.2. The summed E-state index contributed by atoms with van der Waals surface area (Å²) >= 11 is 0. The van der Waals surface area contributed by atoms with Gasteiger partial charge in [-0.2, -0.15) is 0 Å². The minimum absolute atomic E-state index is 0.0177. The molecule has 2 amide bonds. The molecule has 6 heteroatoms. The molecule has 1 N–H and O–H groups in total. The Morgan fingerprint density at radius 3 is 2.54 bits per heavy atom. The summed E-state index contributed by atoms with van der Waals surface area (Å²) in [6, 6.07) is 11.3. The van der Waals surface area contributed by atoms with E-state index in [1.807, 2.05) is 41.3 Å². The Kier molecular flexibility index (Phi) is 5.84. The van der Waals surface area contributed by atoms with Gasteiger partial charge in [0.05, 0.1) is 13.5 Å². The number of rotatable bonds is 7. The molecule has 0 aliphatic carbocycles. The molecular formula is C20H23N3O3. The zero-order chi connectivity index (χ0) is 18.4. The summed E-state index contributed by atoms with van der Waals surface area (Å²) < 4.78 is 5.16. The number of hydrogen-bond acceptors (Lipinski definition) is 4. The Bertz CT molecular complexity index is 747. The smallest absolute Gasteiger partial charge is 0.227 e. The summed E-state index contributed by atoms with van der Waals surface area (Å²) in [5.74, 6) is 0.859. The summed E-state index contributed by atoms with van der Waals surface area (Å²) in [6.07, 6.45) is 5.05. The number of carbonyl (C=O) groups excluding carboxylic acids is 2. The van der Waals surface area contributed by atoms with Crippen LogP contribution in [0.5, 0.6) is 5.75 Å². The summed E-state index contributed by atoms with van der Waals surface area (Å²) in [5.41, 5.74) is 1.96. The fraction of sp³-hybridized carbons (Fsp3) is 0.350. The number of hydrogen-bond donors (Lipinski definition) is 1. The number of pyridine rings is 1. The van der Waals surface area contributed by atoms with Crippen LogP contribution in [0.25, 0.3) is 0 Å². The third-order valence-corrected chi connectivity index (χ3v) is 4.52. The van der Waals surface area contributed by atoms with Crippen molar-refractivity contribution in [3.8, 4) is 5.75 Å². The van der Waals surface area contributed by atoms with E-state index in [4.69, 9.17) is 4.74 Å². The van der Waals surface area contributed by atoms with Gasteiger partial charge >= 0.3 is 0 Å². The molecule has 1 aromatic heterocycles. The van der Waals surface area contributed by atoms with E-state index in [0.29, 0.717) is 25.9 Å². The quantitative estimate of drug-likeness (QED) is 0.826. The van der Waals surface area contributed by atoms with Gasteiger partial charge in [0.2, 0.25) is 11.8 Å². The van der Waals surface area contributed by atoms with E-state index in [-0.39, 0.29) is 17.9 Å². The zero-order valence-electron chi connectivity index (χ0n) is 14.9. The average molecular weight is 353 g/mol.